The van der Waals surface area contributed by atoms with Gasteiger partial charge in [-0.05, 0) is 90.7 Å². The summed E-state index contributed by atoms with van der Waals surface area (Å²) in [6.45, 7) is 3.09. The first-order valence-electron chi connectivity index (χ1n) is 12.2. The number of hydrogen-bond acceptors (Lipinski definition) is 4. The molecular weight excluding hydrogens is 468 g/mol. The van der Waals surface area contributed by atoms with Gasteiger partial charge in [-0.2, -0.15) is 0 Å². The molecule has 2 bridgehead atoms. The number of aromatic nitrogens is 1. The van der Waals surface area contributed by atoms with Crippen molar-refractivity contribution in [2.75, 3.05) is 0 Å². The van der Waals surface area contributed by atoms with Crippen molar-refractivity contribution >= 4 is 32.7 Å². The number of benzene rings is 1. The van der Waals surface area contributed by atoms with Gasteiger partial charge in [-0.1, -0.05) is 19.4 Å². The number of pyridine rings is 1. The van der Waals surface area contributed by atoms with Crippen molar-refractivity contribution in [3.63, 3.8) is 0 Å². The molecule has 32 heavy (non-hydrogen) atoms. The molecule has 5 nitrogen and oxygen atoms in total. The molecule has 1 aromatic heterocycles. The maximum atomic E-state index is 11.5. The minimum Gasteiger partial charge on any atom is -0.489 e. The molecule has 0 amide bonds. The largest absolute Gasteiger partial charge is 0.489 e. The lowest BCUT2D eigenvalue weighted by Crippen LogP contribution is -2.44. The van der Waals surface area contributed by atoms with Gasteiger partial charge in [0.25, 0.3) is 0 Å². The standard InChI is InChI=1S/C26H33BrN2O3/c1-2-16-3-8-22(9-4-16)32-24-10-5-17-11-19(28-14-23(17)25(24)27)15-29-20-6-7-21(29)13-18(12-20)26(30)31/h5,10-11,14,16,18,20-22H,2-4,6-9,12-13,15H2,1H3,(H,30,31)/t16-,18?,20?,21?,22+. The van der Waals surface area contributed by atoms with Crippen LogP contribution >= 0.6 is 15.9 Å². The Hall–Kier alpha value is -1.66. The van der Waals surface area contributed by atoms with Crippen LogP contribution in [0.1, 0.15) is 70.4 Å². The maximum Gasteiger partial charge on any atom is 0.306 e. The number of nitrogens with zero attached hydrogens (tertiary/aromatic N) is 2. The van der Waals surface area contributed by atoms with Gasteiger partial charge in [-0.15, -0.1) is 0 Å². The van der Waals surface area contributed by atoms with Crippen molar-refractivity contribution < 1.29 is 14.6 Å². The Morgan fingerprint density at radius 3 is 2.53 bits per heavy atom. The highest BCUT2D eigenvalue weighted by Crippen LogP contribution is 2.40. The second kappa shape index (κ2) is 9.30. The molecule has 5 rings (SSSR count). The van der Waals surface area contributed by atoms with Crippen molar-refractivity contribution in [2.24, 2.45) is 11.8 Å². The molecule has 172 valence electrons. The van der Waals surface area contributed by atoms with Gasteiger partial charge in [0.2, 0.25) is 0 Å². The molecule has 3 heterocycles. The lowest BCUT2D eigenvalue weighted by atomic mass is 9.86. The first-order valence-corrected chi connectivity index (χ1v) is 13.0. The molecule has 2 unspecified atom stereocenters. The van der Waals surface area contributed by atoms with Crippen LogP contribution < -0.4 is 4.74 Å². The quantitative estimate of drug-likeness (QED) is 0.513. The Kier molecular flexibility index (Phi) is 6.44. The highest BCUT2D eigenvalue weighted by molar-refractivity contribution is 9.10. The molecule has 2 saturated heterocycles. The van der Waals surface area contributed by atoms with E-state index in [-0.39, 0.29) is 5.92 Å². The van der Waals surface area contributed by atoms with E-state index in [1.54, 1.807) is 0 Å². The summed E-state index contributed by atoms with van der Waals surface area (Å²) < 4.78 is 7.37. The minimum absolute atomic E-state index is 0.181. The fourth-order valence-corrected chi connectivity index (χ4v) is 6.70. The molecule has 1 aromatic carbocycles. The third kappa shape index (κ3) is 4.41. The van der Waals surface area contributed by atoms with Crippen LogP contribution in [0.15, 0.2) is 28.9 Å². The second-order valence-corrected chi connectivity index (χ2v) is 10.8. The molecule has 2 atom stereocenters. The molecule has 1 saturated carbocycles. The van der Waals surface area contributed by atoms with Crippen LogP contribution in [-0.2, 0) is 11.3 Å². The molecule has 3 aliphatic rings. The van der Waals surface area contributed by atoms with Gasteiger partial charge < -0.3 is 9.84 Å². The number of piperidine rings is 1. The summed E-state index contributed by atoms with van der Waals surface area (Å²) >= 11 is 3.78. The summed E-state index contributed by atoms with van der Waals surface area (Å²) in [5.41, 5.74) is 1.06. The van der Waals surface area contributed by atoms with Crippen molar-refractivity contribution in [1.82, 2.24) is 9.88 Å². The normalized spacial score (nSPS) is 30.5. The van der Waals surface area contributed by atoms with Crippen LogP contribution in [0.2, 0.25) is 0 Å². The van der Waals surface area contributed by atoms with Crippen molar-refractivity contribution in [3.05, 3.63) is 34.6 Å². The summed E-state index contributed by atoms with van der Waals surface area (Å²) in [5.74, 6) is 0.967. The first-order chi connectivity index (χ1) is 15.5. The predicted molar refractivity (Wildman–Crippen MR) is 129 cm³/mol. The van der Waals surface area contributed by atoms with E-state index in [1.165, 1.54) is 19.3 Å². The van der Waals surface area contributed by atoms with Crippen LogP contribution in [0.5, 0.6) is 5.75 Å². The van der Waals surface area contributed by atoms with Gasteiger partial charge in [-0.3, -0.25) is 14.7 Å². The molecule has 0 radical (unpaired) electrons. The Morgan fingerprint density at radius 2 is 1.88 bits per heavy atom. The van der Waals surface area contributed by atoms with E-state index in [2.05, 4.69) is 46.0 Å². The Balaban J connectivity index is 1.28. The van der Waals surface area contributed by atoms with Gasteiger partial charge in [0.1, 0.15) is 5.75 Å². The average molecular weight is 501 g/mol. The van der Waals surface area contributed by atoms with Gasteiger partial charge in [-0.25, -0.2) is 0 Å². The zero-order chi connectivity index (χ0) is 22.2. The molecule has 3 fully saturated rings. The summed E-state index contributed by atoms with van der Waals surface area (Å²) in [7, 11) is 0. The predicted octanol–water partition coefficient (Wildman–Crippen LogP) is 6.17. The number of aliphatic carboxylic acids is 1. The number of carboxylic acid groups (broad SMARTS) is 1. The van der Waals surface area contributed by atoms with E-state index in [1.807, 2.05) is 6.20 Å². The van der Waals surface area contributed by atoms with E-state index >= 15 is 0 Å². The number of carboxylic acids is 1. The first kappa shape index (κ1) is 22.1. The topological polar surface area (TPSA) is 62.7 Å². The molecule has 2 aromatic rings. The van der Waals surface area contributed by atoms with Gasteiger partial charge in [0, 0.05) is 30.2 Å². The number of fused-ring (bicyclic) bond motifs is 3. The maximum absolute atomic E-state index is 11.5. The second-order valence-electron chi connectivity index (χ2n) is 10.0. The molecule has 1 N–H and O–H groups in total. The van der Waals surface area contributed by atoms with Crippen LogP contribution in [0.3, 0.4) is 0 Å². The Morgan fingerprint density at radius 1 is 1.16 bits per heavy atom. The molecule has 6 heteroatoms. The number of ether oxygens (including phenoxy) is 1. The van der Waals surface area contributed by atoms with Gasteiger partial charge in [0.05, 0.1) is 22.2 Å². The molecule has 1 aliphatic carbocycles. The highest BCUT2D eigenvalue weighted by atomic mass is 79.9. The average Bonchev–Trinajstić information content (AvgIpc) is 3.02. The zero-order valence-electron chi connectivity index (χ0n) is 18.8. The third-order valence-corrected chi connectivity index (χ3v) is 8.92. The number of halogens is 1. The van der Waals surface area contributed by atoms with E-state index in [9.17, 15) is 9.90 Å². The summed E-state index contributed by atoms with van der Waals surface area (Å²) in [5, 5.41) is 11.7. The highest BCUT2D eigenvalue weighted by Gasteiger charge is 2.42. The SMILES string of the molecule is CC[C@H]1CC[C@@H](Oc2ccc3cc(CN4C5CCC4CC(C(=O)O)C5)ncc3c2Br)CC1. The summed E-state index contributed by atoms with van der Waals surface area (Å²) in [4.78, 5) is 18.7. The third-order valence-electron chi connectivity index (χ3n) is 8.10. The van der Waals surface area contributed by atoms with Gasteiger partial charge in [0.15, 0.2) is 0 Å². The monoisotopic (exact) mass is 500 g/mol. The number of hydrogen-bond donors (Lipinski definition) is 1. The van der Waals surface area contributed by atoms with Crippen LogP contribution in [0.25, 0.3) is 10.8 Å². The van der Waals surface area contributed by atoms with E-state index < -0.39 is 5.97 Å². The number of rotatable bonds is 6. The van der Waals surface area contributed by atoms with Crippen molar-refractivity contribution in [3.8, 4) is 5.75 Å². The smallest absolute Gasteiger partial charge is 0.306 e. The lowest BCUT2D eigenvalue weighted by molar-refractivity contribution is -0.144. The molecule has 0 spiro atoms. The van der Waals surface area contributed by atoms with E-state index in [0.29, 0.717) is 18.2 Å². The summed E-state index contributed by atoms with van der Waals surface area (Å²) in [6.07, 6.45) is 12.1. The molecular formula is C26H33BrN2O3. The fourth-order valence-electron chi connectivity index (χ4n) is 6.15. The van der Waals surface area contributed by atoms with E-state index in [4.69, 9.17) is 9.72 Å². The number of carbonyl (C=O) groups is 1. The van der Waals surface area contributed by atoms with Crippen LogP contribution in [0.4, 0.5) is 0 Å². The Labute approximate surface area is 198 Å². The lowest BCUT2D eigenvalue weighted by Gasteiger charge is -2.37. The fraction of sp³-hybridized carbons (Fsp3) is 0.615. The van der Waals surface area contributed by atoms with Crippen LogP contribution in [-0.4, -0.2) is 39.1 Å². The molecule has 2 aliphatic heterocycles. The van der Waals surface area contributed by atoms with Crippen molar-refractivity contribution in [2.45, 2.75) is 89.4 Å². The van der Waals surface area contributed by atoms with E-state index in [0.717, 1.165) is 77.7 Å². The zero-order valence-corrected chi connectivity index (χ0v) is 20.4. The van der Waals surface area contributed by atoms with Crippen LogP contribution in [0, 0.1) is 11.8 Å². The Bertz CT molecular complexity index is 974. The van der Waals surface area contributed by atoms with Gasteiger partial charge >= 0.3 is 5.97 Å². The minimum atomic E-state index is -0.633. The van der Waals surface area contributed by atoms with Crippen molar-refractivity contribution in [1.29, 1.82) is 0 Å². The summed E-state index contributed by atoms with van der Waals surface area (Å²) in [6, 6.07) is 7.16.